The van der Waals surface area contributed by atoms with Crippen LogP contribution in [-0.2, 0) is 16.1 Å². The Morgan fingerprint density at radius 2 is 2.22 bits per heavy atom. The number of benzene rings is 1. The van der Waals surface area contributed by atoms with E-state index in [4.69, 9.17) is 4.74 Å². The minimum atomic E-state index is -1.57. The van der Waals surface area contributed by atoms with Crippen LogP contribution in [0.5, 0.6) is 5.75 Å². The Hall–Kier alpha value is -2.83. The molecule has 0 fully saturated rings. The number of nitrogens with one attached hydrogen (secondary N) is 2. The van der Waals surface area contributed by atoms with Crippen LogP contribution in [0.1, 0.15) is 13.3 Å². The van der Waals surface area contributed by atoms with Gasteiger partial charge in [0.2, 0.25) is 0 Å². The van der Waals surface area contributed by atoms with E-state index in [-0.39, 0.29) is 0 Å². The molecule has 1 aromatic carbocycles. The Morgan fingerprint density at radius 1 is 1.39 bits per heavy atom. The molecular formula is C16H18N4O3. The summed E-state index contributed by atoms with van der Waals surface area (Å²) in [4.78, 5) is 24.6. The van der Waals surface area contributed by atoms with Crippen molar-refractivity contribution in [2.45, 2.75) is 25.5 Å². The van der Waals surface area contributed by atoms with Crippen LogP contribution >= 0.6 is 0 Å². The van der Waals surface area contributed by atoms with Crippen molar-refractivity contribution in [3.63, 3.8) is 0 Å². The first-order valence-electron chi connectivity index (χ1n) is 7.45. The first-order chi connectivity index (χ1) is 11.1. The highest BCUT2D eigenvalue weighted by atomic mass is 16.5. The number of rotatable bonds is 5. The lowest BCUT2D eigenvalue weighted by Crippen LogP contribution is -2.58. The van der Waals surface area contributed by atoms with E-state index in [1.807, 2.05) is 12.3 Å². The smallest absolute Gasteiger partial charge is 0.278 e. The van der Waals surface area contributed by atoms with E-state index in [0.717, 1.165) is 0 Å². The lowest BCUT2D eigenvalue weighted by atomic mass is 10.0. The van der Waals surface area contributed by atoms with Gasteiger partial charge in [-0.2, -0.15) is 5.10 Å². The van der Waals surface area contributed by atoms with Crippen molar-refractivity contribution in [2.24, 2.45) is 0 Å². The molecule has 1 atom stereocenters. The van der Waals surface area contributed by atoms with E-state index in [2.05, 4.69) is 15.7 Å². The van der Waals surface area contributed by atoms with Crippen molar-refractivity contribution in [1.82, 2.24) is 15.1 Å². The third-order valence-electron chi connectivity index (χ3n) is 3.72. The molecule has 1 aliphatic rings. The predicted molar refractivity (Wildman–Crippen MR) is 84.0 cm³/mol. The first kappa shape index (κ1) is 15.1. The zero-order chi connectivity index (χ0) is 16.3. The molecule has 0 radical (unpaired) electrons. The fourth-order valence-corrected chi connectivity index (χ4v) is 2.36. The van der Waals surface area contributed by atoms with Gasteiger partial charge in [0.25, 0.3) is 17.4 Å². The molecule has 1 aliphatic heterocycles. The van der Waals surface area contributed by atoms with Gasteiger partial charge in [-0.05, 0) is 31.5 Å². The summed E-state index contributed by atoms with van der Waals surface area (Å²) in [6.07, 6.45) is 4.27. The van der Waals surface area contributed by atoms with Crippen molar-refractivity contribution in [3.05, 3.63) is 42.7 Å². The van der Waals surface area contributed by atoms with Crippen LogP contribution < -0.4 is 15.4 Å². The van der Waals surface area contributed by atoms with Gasteiger partial charge >= 0.3 is 0 Å². The van der Waals surface area contributed by atoms with Gasteiger partial charge in [-0.15, -0.1) is 0 Å². The Morgan fingerprint density at radius 3 is 3.00 bits per heavy atom. The second-order valence-corrected chi connectivity index (χ2v) is 5.46. The highest BCUT2D eigenvalue weighted by Crippen LogP contribution is 2.33. The third-order valence-corrected chi connectivity index (χ3v) is 3.72. The molecule has 1 unspecified atom stereocenters. The number of para-hydroxylation sites is 2. The standard InChI is InChI=1S/C16H18N4O3/c1-16(14(21)17-8-4-10-20-11-5-9-18-20)15(22)19-12-6-2-3-7-13(12)23-16/h2-3,5-7,9,11H,4,8,10H2,1H3,(H,17,21)(H,19,22). The minimum absolute atomic E-state index is 0.437. The van der Waals surface area contributed by atoms with Crippen molar-refractivity contribution in [1.29, 1.82) is 0 Å². The number of aromatic nitrogens is 2. The van der Waals surface area contributed by atoms with Crippen molar-refractivity contribution in [2.75, 3.05) is 11.9 Å². The molecular weight excluding hydrogens is 296 g/mol. The number of nitrogens with zero attached hydrogens (tertiary/aromatic N) is 2. The van der Waals surface area contributed by atoms with E-state index in [0.29, 0.717) is 30.9 Å². The van der Waals surface area contributed by atoms with E-state index in [9.17, 15) is 9.59 Å². The van der Waals surface area contributed by atoms with Crippen LogP contribution in [0.3, 0.4) is 0 Å². The SMILES string of the molecule is CC1(C(=O)NCCCn2cccn2)Oc2ccccc2NC1=O. The van der Waals surface area contributed by atoms with Gasteiger partial charge in [0.1, 0.15) is 5.75 Å². The fraction of sp³-hybridized carbons (Fsp3) is 0.312. The lowest BCUT2D eigenvalue weighted by Gasteiger charge is -2.33. The number of anilines is 1. The van der Waals surface area contributed by atoms with Gasteiger partial charge in [0.05, 0.1) is 5.69 Å². The Balaban J connectivity index is 1.59. The average Bonchev–Trinajstić information content (AvgIpc) is 3.06. The van der Waals surface area contributed by atoms with Gasteiger partial charge in [-0.25, -0.2) is 0 Å². The molecule has 7 heteroatoms. The number of fused-ring (bicyclic) bond motifs is 1. The maximum absolute atomic E-state index is 12.4. The molecule has 120 valence electrons. The van der Waals surface area contributed by atoms with Crippen LogP contribution in [0.25, 0.3) is 0 Å². The van der Waals surface area contributed by atoms with E-state index < -0.39 is 17.4 Å². The largest absolute Gasteiger partial charge is 0.466 e. The number of ether oxygens (including phenoxy) is 1. The highest BCUT2D eigenvalue weighted by Gasteiger charge is 2.46. The second-order valence-electron chi connectivity index (χ2n) is 5.46. The molecule has 3 rings (SSSR count). The second kappa shape index (κ2) is 6.12. The quantitative estimate of drug-likeness (QED) is 0.641. The molecule has 2 aromatic rings. The molecule has 0 saturated heterocycles. The van der Waals surface area contributed by atoms with Crippen LogP contribution in [0, 0.1) is 0 Å². The number of hydrogen-bond acceptors (Lipinski definition) is 4. The molecule has 2 N–H and O–H groups in total. The van der Waals surface area contributed by atoms with Gasteiger partial charge < -0.3 is 15.4 Å². The van der Waals surface area contributed by atoms with Crippen LogP contribution in [0.2, 0.25) is 0 Å². The molecule has 2 amide bonds. The van der Waals surface area contributed by atoms with E-state index in [1.54, 1.807) is 35.1 Å². The molecule has 0 spiro atoms. The van der Waals surface area contributed by atoms with Crippen LogP contribution in [0.4, 0.5) is 5.69 Å². The van der Waals surface area contributed by atoms with Crippen molar-refractivity contribution >= 4 is 17.5 Å². The molecule has 0 bridgehead atoms. The highest BCUT2D eigenvalue weighted by molar-refractivity contribution is 6.15. The average molecular weight is 314 g/mol. The molecule has 0 aliphatic carbocycles. The number of aryl methyl sites for hydroxylation is 1. The minimum Gasteiger partial charge on any atom is -0.466 e. The summed E-state index contributed by atoms with van der Waals surface area (Å²) in [5, 5.41) is 9.54. The van der Waals surface area contributed by atoms with Crippen LogP contribution in [0.15, 0.2) is 42.7 Å². The molecule has 0 saturated carbocycles. The zero-order valence-electron chi connectivity index (χ0n) is 12.8. The lowest BCUT2D eigenvalue weighted by molar-refractivity contribution is -0.146. The summed E-state index contributed by atoms with van der Waals surface area (Å²) in [7, 11) is 0. The summed E-state index contributed by atoms with van der Waals surface area (Å²) in [6, 6.07) is 8.88. The first-order valence-corrected chi connectivity index (χ1v) is 7.45. The van der Waals surface area contributed by atoms with Gasteiger partial charge in [0, 0.05) is 25.5 Å². The normalized spacial score (nSPS) is 19.4. The maximum Gasteiger partial charge on any atom is 0.278 e. The summed E-state index contributed by atoms with van der Waals surface area (Å²) in [5.41, 5.74) is -0.999. The van der Waals surface area contributed by atoms with Crippen molar-refractivity contribution < 1.29 is 14.3 Å². The Labute approximate surface area is 133 Å². The predicted octanol–water partition coefficient (Wildman–Crippen LogP) is 1.18. The van der Waals surface area contributed by atoms with Crippen molar-refractivity contribution in [3.8, 4) is 5.75 Å². The van der Waals surface area contributed by atoms with Gasteiger partial charge in [0.15, 0.2) is 0 Å². The number of carbonyl (C=O) groups is 2. The topological polar surface area (TPSA) is 85.2 Å². The number of amides is 2. The maximum atomic E-state index is 12.4. The summed E-state index contributed by atoms with van der Waals surface area (Å²) >= 11 is 0. The number of hydrogen-bond donors (Lipinski definition) is 2. The molecule has 2 heterocycles. The molecule has 1 aromatic heterocycles. The fourth-order valence-electron chi connectivity index (χ4n) is 2.36. The molecule has 23 heavy (non-hydrogen) atoms. The summed E-state index contributed by atoms with van der Waals surface area (Å²) < 4.78 is 7.44. The summed E-state index contributed by atoms with van der Waals surface area (Å²) in [5.74, 6) is -0.438. The molecule has 7 nitrogen and oxygen atoms in total. The van der Waals surface area contributed by atoms with Gasteiger partial charge in [-0.1, -0.05) is 12.1 Å². The number of carbonyl (C=O) groups excluding carboxylic acids is 2. The Kier molecular flexibility index (Phi) is 4.01. The third kappa shape index (κ3) is 3.03. The van der Waals surface area contributed by atoms with Crippen LogP contribution in [-0.4, -0.2) is 33.7 Å². The zero-order valence-corrected chi connectivity index (χ0v) is 12.8. The summed E-state index contributed by atoms with van der Waals surface area (Å²) in [6.45, 7) is 2.60. The Bertz CT molecular complexity index is 714. The monoisotopic (exact) mass is 314 g/mol. The van der Waals surface area contributed by atoms with Gasteiger partial charge in [-0.3, -0.25) is 14.3 Å². The van der Waals surface area contributed by atoms with E-state index >= 15 is 0 Å². The van der Waals surface area contributed by atoms with E-state index in [1.165, 1.54) is 6.92 Å².